The van der Waals surface area contributed by atoms with Gasteiger partial charge < -0.3 is 26.5 Å². The van der Waals surface area contributed by atoms with Crippen LogP contribution in [0.5, 0.6) is 5.75 Å². The highest BCUT2D eigenvalue weighted by molar-refractivity contribution is 5.90. The molecular formula is C31H33BrN2O3. The fourth-order valence-electron chi connectivity index (χ4n) is 4.94. The first kappa shape index (κ1) is 26.7. The van der Waals surface area contributed by atoms with Gasteiger partial charge in [-0.3, -0.25) is 0 Å². The summed E-state index contributed by atoms with van der Waals surface area (Å²) in [7, 11) is 0. The monoisotopic (exact) mass is 560 g/mol. The Morgan fingerprint density at radius 1 is 0.811 bits per heavy atom. The molecule has 0 saturated heterocycles. The lowest BCUT2D eigenvalue weighted by atomic mass is 10.0. The summed E-state index contributed by atoms with van der Waals surface area (Å²) in [5.41, 5.74) is 6.38. The molecule has 0 unspecified atom stereocenters. The van der Waals surface area contributed by atoms with E-state index in [0.717, 1.165) is 35.5 Å². The van der Waals surface area contributed by atoms with Crippen LogP contribution in [0.3, 0.4) is 0 Å². The summed E-state index contributed by atoms with van der Waals surface area (Å²) in [6, 6.07) is 24.7. The predicted octanol–water partition coefficient (Wildman–Crippen LogP) is 3.40. The lowest BCUT2D eigenvalue weighted by Gasteiger charge is -2.06. The van der Waals surface area contributed by atoms with Crippen LogP contribution in [0.15, 0.2) is 79.0 Å². The quantitative estimate of drug-likeness (QED) is 0.257. The Labute approximate surface area is 229 Å². The Balaban J connectivity index is 0.00000320. The number of carbonyl (C=O) groups is 1. The maximum absolute atomic E-state index is 12.0. The molecule has 0 amide bonds. The molecule has 0 fully saturated rings. The van der Waals surface area contributed by atoms with Gasteiger partial charge in [0.15, 0.2) is 5.69 Å². The number of fused-ring (bicyclic) bond motifs is 1. The molecule has 4 aromatic rings. The van der Waals surface area contributed by atoms with E-state index >= 15 is 0 Å². The third-order valence-electron chi connectivity index (χ3n) is 6.75. The summed E-state index contributed by atoms with van der Waals surface area (Å²) >= 11 is 0. The zero-order valence-electron chi connectivity index (χ0n) is 21.5. The molecule has 1 aliphatic rings. The largest absolute Gasteiger partial charge is 1.00 e. The van der Waals surface area contributed by atoms with Crippen LogP contribution in [-0.4, -0.2) is 23.8 Å². The molecule has 0 radical (unpaired) electrons. The molecule has 0 N–H and O–H groups in total. The number of hydrogen-bond donors (Lipinski definition) is 0. The SMILES string of the molecule is CCOC(=O)c1ccc(-c2ccc(-c3cn(-c4ccc(OCC)cc4)c4[n+]3CCCCC4)cc2)cc1.[Br-]. The zero-order valence-corrected chi connectivity index (χ0v) is 23.0. The summed E-state index contributed by atoms with van der Waals surface area (Å²) in [5, 5.41) is 0. The molecule has 2 heterocycles. The van der Waals surface area contributed by atoms with Crippen molar-refractivity contribution in [3.8, 4) is 33.8 Å². The van der Waals surface area contributed by atoms with Crippen molar-refractivity contribution in [1.29, 1.82) is 0 Å². The van der Waals surface area contributed by atoms with Crippen molar-refractivity contribution in [3.63, 3.8) is 0 Å². The molecule has 37 heavy (non-hydrogen) atoms. The van der Waals surface area contributed by atoms with E-state index in [1.54, 1.807) is 0 Å². The number of imidazole rings is 1. The highest BCUT2D eigenvalue weighted by atomic mass is 79.9. The molecule has 1 aromatic heterocycles. The van der Waals surface area contributed by atoms with Crippen molar-refractivity contribution < 1.29 is 35.8 Å². The lowest BCUT2D eigenvalue weighted by Crippen LogP contribution is -3.00. The Morgan fingerprint density at radius 3 is 2.11 bits per heavy atom. The van der Waals surface area contributed by atoms with Gasteiger partial charge in [0.2, 0.25) is 0 Å². The van der Waals surface area contributed by atoms with Crippen LogP contribution in [0.2, 0.25) is 0 Å². The van der Waals surface area contributed by atoms with Gasteiger partial charge in [-0.1, -0.05) is 24.3 Å². The van der Waals surface area contributed by atoms with E-state index in [1.165, 1.54) is 36.3 Å². The van der Waals surface area contributed by atoms with Crippen LogP contribution < -0.4 is 26.3 Å². The minimum absolute atomic E-state index is 0. The van der Waals surface area contributed by atoms with Crippen LogP contribution in [0.4, 0.5) is 0 Å². The molecule has 5 rings (SSSR count). The topological polar surface area (TPSA) is 44.3 Å². The number of hydrogen-bond acceptors (Lipinski definition) is 3. The molecule has 6 heteroatoms. The second-order valence-corrected chi connectivity index (χ2v) is 9.06. The number of carbonyl (C=O) groups excluding carboxylic acids is 1. The number of esters is 1. The van der Waals surface area contributed by atoms with Gasteiger partial charge in [-0.25, -0.2) is 9.36 Å². The highest BCUT2D eigenvalue weighted by Gasteiger charge is 2.27. The van der Waals surface area contributed by atoms with Crippen molar-refractivity contribution in [1.82, 2.24) is 4.57 Å². The third-order valence-corrected chi connectivity index (χ3v) is 6.75. The van der Waals surface area contributed by atoms with E-state index in [0.29, 0.717) is 18.8 Å². The van der Waals surface area contributed by atoms with Crippen LogP contribution in [0, 0.1) is 0 Å². The number of benzene rings is 3. The van der Waals surface area contributed by atoms with E-state index in [2.05, 4.69) is 51.7 Å². The van der Waals surface area contributed by atoms with Gasteiger partial charge >= 0.3 is 5.97 Å². The molecule has 0 aliphatic carbocycles. The van der Waals surface area contributed by atoms with Gasteiger partial charge in [0.25, 0.3) is 5.82 Å². The molecule has 5 nitrogen and oxygen atoms in total. The Hall–Kier alpha value is -3.38. The minimum atomic E-state index is -0.283. The first-order valence-electron chi connectivity index (χ1n) is 12.9. The van der Waals surface area contributed by atoms with Crippen molar-refractivity contribution in [2.75, 3.05) is 13.2 Å². The zero-order chi connectivity index (χ0) is 24.9. The van der Waals surface area contributed by atoms with E-state index in [4.69, 9.17) is 9.47 Å². The van der Waals surface area contributed by atoms with Gasteiger partial charge in [0.1, 0.15) is 17.6 Å². The molecule has 0 spiro atoms. The molecule has 1 aliphatic heterocycles. The van der Waals surface area contributed by atoms with Gasteiger partial charge in [-0.2, -0.15) is 4.57 Å². The normalized spacial score (nSPS) is 12.7. The molecular weight excluding hydrogens is 528 g/mol. The summed E-state index contributed by atoms with van der Waals surface area (Å²) in [6.45, 7) is 5.91. The summed E-state index contributed by atoms with van der Waals surface area (Å²) in [5.74, 6) is 1.97. The summed E-state index contributed by atoms with van der Waals surface area (Å²) < 4.78 is 15.6. The number of ether oxygens (including phenoxy) is 2. The fraction of sp³-hybridized carbons (Fsp3) is 0.290. The van der Waals surface area contributed by atoms with Crippen LogP contribution >= 0.6 is 0 Å². The van der Waals surface area contributed by atoms with E-state index in [-0.39, 0.29) is 23.0 Å². The maximum atomic E-state index is 12.0. The maximum Gasteiger partial charge on any atom is 0.338 e. The van der Waals surface area contributed by atoms with Gasteiger partial charge in [0, 0.05) is 12.0 Å². The van der Waals surface area contributed by atoms with Crippen LogP contribution in [0.25, 0.3) is 28.1 Å². The molecule has 192 valence electrons. The third kappa shape index (κ3) is 5.80. The van der Waals surface area contributed by atoms with E-state index in [9.17, 15) is 4.79 Å². The average molecular weight is 562 g/mol. The molecule has 0 bridgehead atoms. The van der Waals surface area contributed by atoms with Crippen molar-refractivity contribution >= 4 is 5.97 Å². The van der Waals surface area contributed by atoms with Gasteiger partial charge in [-0.15, -0.1) is 0 Å². The standard InChI is InChI=1S/C31H33N2O3.BrH/c1-3-35-28-19-17-27(18-20-28)33-22-29(32-21-7-5-6-8-30(32)33)25-13-9-23(10-14-25)24-11-15-26(16-12-24)31(34)36-4-2;/h9-20,22H,3-8,21H2,1-2H3;1H/q+1;/p-1. The lowest BCUT2D eigenvalue weighted by molar-refractivity contribution is -0.692. The van der Waals surface area contributed by atoms with Gasteiger partial charge in [-0.05, 0) is 92.8 Å². The number of aromatic nitrogens is 2. The minimum Gasteiger partial charge on any atom is -1.00 e. The Kier molecular flexibility index (Phi) is 8.82. The number of halogens is 1. The predicted molar refractivity (Wildman–Crippen MR) is 142 cm³/mol. The van der Waals surface area contributed by atoms with Gasteiger partial charge in [0.05, 0.1) is 25.3 Å². The molecule has 0 saturated carbocycles. The second kappa shape index (κ2) is 12.2. The fourth-order valence-corrected chi connectivity index (χ4v) is 4.94. The highest BCUT2D eigenvalue weighted by Crippen LogP contribution is 2.27. The van der Waals surface area contributed by atoms with Crippen molar-refractivity contribution in [2.24, 2.45) is 0 Å². The van der Waals surface area contributed by atoms with Crippen molar-refractivity contribution in [2.45, 2.75) is 46.1 Å². The van der Waals surface area contributed by atoms with E-state index in [1.807, 2.05) is 50.2 Å². The first-order chi connectivity index (χ1) is 17.7. The average Bonchev–Trinajstić information content (AvgIpc) is 3.10. The molecule has 0 atom stereocenters. The first-order valence-corrected chi connectivity index (χ1v) is 12.9. The molecule has 3 aromatic carbocycles. The Morgan fingerprint density at radius 2 is 1.46 bits per heavy atom. The summed E-state index contributed by atoms with van der Waals surface area (Å²) in [6.07, 6.45) is 7.01. The van der Waals surface area contributed by atoms with Crippen LogP contribution in [0.1, 0.15) is 49.3 Å². The Bertz CT molecular complexity index is 1330. The second-order valence-electron chi connectivity index (χ2n) is 9.06. The van der Waals surface area contributed by atoms with Crippen molar-refractivity contribution in [3.05, 3.63) is 90.4 Å². The van der Waals surface area contributed by atoms with Crippen LogP contribution in [-0.2, 0) is 17.7 Å². The number of rotatable bonds is 7. The number of nitrogens with zero attached hydrogens (tertiary/aromatic N) is 2. The summed E-state index contributed by atoms with van der Waals surface area (Å²) in [4.78, 5) is 12.0. The smallest absolute Gasteiger partial charge is 0.338 e. The van der Waals surface area contributed by atoms with E-state index < -0.39 is 0 Å².